The van der Waals surface area contributed by atoms with Crippen molar-refractivity contribution < 1.29 is 9.84 Å². The van der Waals surface area contributed by atoms with Gasteiger partial charge in [0.25, 0.3) is 0 Å². The van der Waals surface area contributed by atoms with Crippen molar-refractivity contribution in [3.05, 3.63) is 53.3 Å². The minimum Gasteiger partial charge on any atom is -0.490 e. The summed E-state index contributed by atoms with van der Waals surface area (Å²) in [4.78, 5) is 8.14. The van der Waals surface area contributed by atoms with E-state index in [1.165, 1.54) is 0 Å². The highest BCUT2D eigenvalue weighted by Gasteiger charge is 2.14. The zero-order valence-corrected chi connectivity index (χ0v) is 16.4. The van der Waals surface area contributed by atoms with Crippen LogP contribution in [0.25, 0.3) is 10.8 Å². The smallest absolute Gasteiger partial charge is 0.171 e. The summed E-state index contributed by atoms with van der Waals surface area (Å²) in [5.41, 5.74) is 12.0. The summed E-state index contributed by atoms with van der Waals surface area (Å²) < 4.78 is 5.82. The van der Waals surface area contributed by atoms with Gasteiger partial charge < -0.3 is 26.6 Å². The molecule has 7 nitrogen and oxygen atoms in total. The van der Waals surface area contributed by atoms with E-state index in [1.54, 1.807) is 0 Å². The van der Waals surface area contributed by atoms with Crippen molar-refractivity contribution in [2.75, 3.05) is 24.6 Å². The van der Waals surface area contributed by atoms with E-state index in [-0.39, 0.29) is 29.4 Å². The van der Waals surface area contributed by atoms with E-state index in [4.69, 9.17) is 27.8 Å². The van der Waals surface area contributed by atoms with E-state index in [0.29, 0.717) is 18.7 Å². The van der Waals surface area contributed by atoms with E-state index in [1.807, 2.05) is 49.4 Å². The van der Waals surface area contributed by atoms with E-state index >= 15 is 0 Å². The second kappa shape index (κ2) is 9.05. The number of aliphatic hydroxyl groups excluding tert-OH is 1. The Bertz CT molecular complexity index is 948. The number of rotatable bonds is 8. The van der Waals surface area contributed by atoms with Gasteiger partial charge >= 0.3 is 0 Å². The predicted molar refractivity (Wildman–Crippen MR) is 112 cm³/mol. The molecular weight excluding hydrogens is 378 g/mol. The number of fused-ring (bicyclic) bond motifs is 1. The normalized spacial score (nSPS) is 13.4. The van der Waals surface area contributed by atoms with E-state index < -0.39 is 6.10 Å². The Kier molecular flexibility index (Phi) is 6.51. The molecule has 1 heterocycles. The van der Waals surface area contributed by atoms with E-state index in [9.17, 15) is 5.11 Å². The standard InChI is InChI=1S/C20H24ClN5O2/c1-12(9-16-19(22)26-20(23)18(21)25-16)24-10-14(27)11-28-17-8-4-6-13-5-2-3-7-15(13)17/h2-8,12,14,24,27H,9-11H2,1H3,(H4,22,23,26). The number of nitrogens with one attached hydrogen (secondary N) is 1. The second-order valence-electron chi connectivity index (χ2n) is 6.69. The van der Waals surface area contributed by atoms with Gasteiger partial charge in [0.1, 0.15) is 24.3 Å². The summed E-state index contributed by atoms with van der Waals surface area (Å²) in [6.45, 7) is 2.51. The first-order valence-corrected chi connectivity index (χ1v) is 9.41. The molecule has 0 saturated carbocycles. The maximum atomic E-state index is 10.3. The third kappa shape index (κ3) is 5.01. The number of ether oxygens (including phenoxy) is 1. The van der Waals surface area contributed by atoms with Crippen molar-refractivity contribution >= 4 is 34.0 Å². The molecule has 0 saturated heterocycles. The number of hydrogen-bond acceptors (Lipinski definition) is 7. The molecule has 0 bridgehead atoms. The molecule has 2 unspecified atom stereocenters. The molecule has 2 atom stereocenters. The fraction of sp³-hybridized carbons (Fsp3) is 0.300. The van der Waals surface area contributed by atoms with Crippen LogP contribution in [0.3, 0.4) is 0 Å². The molecule has 0 radical (unpaired) electrons. The number of aliphatic hydroxyl groups is 1. The largest absolute Gasteiger partial charge is 0.490 e. The number of nitrogen functional groups attached to an aromatic ring is 2. The molecule has 0 amide bonds. The van der Waals surface area contributed by atoms with Crippen LogP contribution >= 0.6 is 11.6 Å². The van der Waals surface area contributed by atoms with Gasteiger partial charge in [0.2, 0.25) is 0 Å². The molecule has 1 aromatic heterocycles. The van der Waals surface area contributed by atoms with Crippen molar-refractivity contribution in [1.82, 2.24) is 15.3 Å². The van der Waals surface area contributed by atoms with Crippen LogP contribution in [0.4, 0.5) is 11.6 Å². The molecule has 28 heavy (non-hydrogen) atoms. The molecule has 0 aliphatic carbocycles. The summed E-state index contributed by atoms with van der Waals surface area (Å²) in [6.07, 6.45) is -0.157. The maximum Gasteiger partial charge on any atom is 0.171 e. The second-order valence-corrected chi connectivity index (χ2v) is 7.05. The summed E-state index contributed by atoms with van der Waals surface area (Å²) in [5.74, 6) is 1.13. The highest BCUT2D eigenvalue weighted by Crippen LogP contribution is 2.25. The van der Waals surface area contributed by atoms with Gasteiger partial charge in [0.05, 0.1) is 5.69 Å². The number of aromatic nitrogens is 2. The van der Waals surface area contributed by atoms with Crippen LogP contribution in [0.15, 0.2) is 42.5 Å². The predicted octanol–water partition coefficient (Wildman–Crippen LogP) is 2.41. The lowest BCUT2D eigenvalue weighted by Gasteiger charge is -2.18. The van der Waals surface area contributed by atoms with Gasteiger partial charge in [0.15, 0.2) is 11.0 Å². The Hall–Kier alpha value is -2.61. The zero-order chi connectivity index (χ0) is 20.1. The zero-order valence-electron chi connectivity index (χ0n) is 15.6. The lowest BCUT2D eigenvalue weighted by Crippen LogP contribution is -2.37. The fourth-order valence-electron chi connectivity index (χ4n) is 2.89. The van der Waals surface area contributed by atoms with Crippen molar-refractivity contribution in [3.8, 4) is 5.75 Å². The van der Waals surface area contributed by atoms with Crippen LogP contribution in [0, 0.1) is 0 Å². The van der Waals surface area contributed by atoms with Crippen molar-refractivity contribution in [2.24, 2.45) is 0 Å². The molecular formula is C20H24ClN5O2. The highest BCUT2D eigenvalue weighted by atomic mass is 35.5. The third-order valence-electron chi connectivity index (χ3n) is 4.36. The SMILES string of the molecule is CC(Cc1nc(Cl)c(N)nc1N)NCC(O)COc1cccc2ccccc12. The Labute approximate surface area is 168 Å². The van der Waals surface area contributed by atoms with Gasteiger partial charge in [-0.1, -0.05) is 48.0 Å². The average molecular weight is 402 g/mol. The number of anilines is 2. The number of nitrogens with zero attached hydrogens (tertiary/aromatic N) is 2. The van der Waals surface area contributed by atoms with Gasteiger partial charge in [-0.05, 0) is 18.4 Å². The molecule has 148 valence electrons. The van der Waals surface area contributed by atoms with Crippen LogP contribution in [-0.2, 0) is 6.42 Å². The first-order valence-electron chi connectivity index (χ1n) is 9.03. The van der Waals surface area contributed by atoms with Crippen molar-refractivity contribution in [1.29, 1.82) is 0 Å². The molecule has 2 aromatic carbocycles. The summed E-state index contributed by atoms with van der Waals surface area (Å²) in [5, 5.41) is 15.8. The van der Waals surface area contributed by atoms with Gasteiger partial charge in [-0.2, -0.15) is 0 Å². The third-order valence-corrected chi connectivity index (χ3v) is 4.64. The number of hydrogen-bond donors (Lipinski definition) is 4. The Morgan fingerprint density at radius 3 is 2.68 bits per heavy atom. The monoisotopic (exact) mass is 401 g/mol. The van der Waals surface area contributed by atoms with E-state index in [0.717, 1.165) is 16.5 Å². The van der Waals surface area contributed by atoms with Gasteiger partial charge in [-0.25, -0.2) is 9.97 Å². The summed E-state index contributed by atoms with van der Waals surface area (Å²) >= 11 is 5.91. The first kappa shape index (κ1) is 20.1. The Morgan fingerprint density at radius 1 is 1.11 bits per heavy atom. The lowest BCUT2D eigenvalue weighted by atomic mass is 10.1. The molecule has 3 rings (SSSR count). The Balaban J connectivity index is 1.50. The van der Waals surface area contributed by atoms with E-state index in [2.05, 4.69) is 15.3 Å². The van der Waals surface area contributed by atoms with Crippen LogP contribution in [0.2, 0.25) is 5.15 Å². The van der Waals surface area contributed by atoms with Crippen LogP contribution in [0.5, 0.6) is 5.75 Å². The topological polar surface area (TPSA) is 119 Å². The highest BCUT2D eigenvalue weighted by molar-refractivity contribution is 6.31. The maximum absolute atomic E-state index is 10.3. The minimum atomic E-state index is -0.667. The summed E-state index contributed by atoms with van der Waals surface area (Å²) in [6, 6.07) is 13.8. The van der Waals surface area contributed by atoms with Gasteiger partial charge in [0, 0.05) is 24.4 Å². The van der Waals surface area contributed by atoms with Crippen molar-refractivity contribution in [3.63, 3.8) is 0 Å². The Morgan fingerprint density at radius 2 is 1.86 bits per heavy atom. The van der Waals surface area contributed by atoms with Crippen LogP contribution in [-0.4, -0.2) is 40.4 Å². The molecule has 8 heteroatoms. The molecule has 3 aromatic rings. The first-order chi connectivity index (χ1) is 13.4. The van der Waals surface area contributed by atoms with Gasteiger partial charge in [-0.3, -0.25) is 0 Å². The van der Waals surface area contributed by atoms with Crippen LogP contribution in [0.1, 0.15) is 12.6 Å². The molecule has 6 N–H and O–H groups in total. The minimum absolute atomic E-state index is 0.00324. The quantitative estimate of drug-likeness (QED) is 0.457. The number of nitrogens with two attached hydrogens (primary N) is 2. The van der Waals surface area contributed by atoms with Gasteiger partial charge in [-0.15, -0.1) is 0 Å². The molecule has 0 spiro atoms. The molecule has 0 aliphatic rings. The van der Waals surface area contributed by atoms with Crippen LogP contribution < -0.4 is 21.5 Å². The summed E-state index contributed by atoms with van der Waals surface area (Å²) in [7, 11) is 0. The number of halogens is 1. The van der Waals surface area contributed by atoms with Crippen molar-refractivity contribution in [2.45, 2.75) is 25.5 Å². The number of benzene rings is 2. The molecule has 0 fully saturated rings. The fourth-order valence-corrected chi connectivity index (χ4v) is 3.03. The molecule has 0 aliphatic heterocycles. The lowest BCUT2D eigenvalue weighted by molar-refractivity contribution is 0.105. The average Bonchev–Trinajstić information content (AvgIpc) is 2.69.